The Hall–Kier alpha value is -1.71. The van der Waals surface area contributed by atoms with Gasteiger partial charge in [0.2, 0.25) is 11.8 Å². The minimum atomic E-state index is -0.137. The van der Waals surface area contributed by atoms with Crippen molar-refractivity contribution in [2.45, 2.75) is 58.6 Å². The van der Waals surface area contributed by atoms with Crippen molar-refractivity contribution in [2.75, 3.05) is 39.0 Å². The quantitative estimate of drug-likeness (QED) is 0.205. The van der Waals surface area contributed by atoms with Gasteiger partial charge in [0, 0.05) is 43.8 Å². The van der Waals surface area contributed by atoms with Crippen LogP contribution in [0.25, 0.3) is 0 Å². The molecule has 0 radical (unpaired) electrons. The second-order valence-electron chi connectivity index (χ2n) is 8.03. The monoisotopic (exact) mass is 496 g/mol. The van der Waals surface area contributed by atoms with Crippen molar-refractivity contribution in [1.29, 1.82) is 0 Å². The molecular weight excluding hydrogens is 456 g/mol. The number of carbonyl (C=O) groups is 2. The van der Waals surface area contributed by atoms with Gasteiger partial charge in [-0.3, -0.25) is 9.59 Å². The number of ether oxygens (including phenoxy) is 1. The summed E-state index contributed by atoms with van der Waals surface area (Å²) in [5, 5.41) is 7.47. The van der Waals surface area contributed by atoms with Gasteiger partial charge >= 0.3 is 0 Å². The van der Waals surface area contributed by atoms with Crippen LogP contribution >= 0.6 is 21.6 Å². The fourth-order valence-electron chi connectivity index (χ4n) is 3.17. The summed E-state index contributed by atoms with van der Waals surface area (Å²) in [6.45, 7) is 13.8. The molecule has 1 aromatic rings. The average molecular weight is 497 g/mol. The molecule has 2 amide bonds. The molecule has 7 nitrogen and oxygen atoms in total. The molecule has 9 heteroatoms. The Morgan fingerprint density at radius 3 is 2.42 bits per heavy atom. The molecule has 0 atom stereocenters. The van der Waals surface area contributed by atoms with Gasteiger partial charge in [0.1, 0.15) is 5.75 Å². The highest BCUT2D eigenvalue weighted by molar-refractivity contribution is 8.76. The summed E-state index contributed by atoms with van der Waals surface area (Å²) in [7, 11) is 3.34. The Kier molecular flexibility index (Phi) is 14.2. The Labute approximate surface area is 207 Å². The summed E-state index contributed by atoms with van der Waals surface area (Å²) in [6, 6.07) is 7.60. The minimum absolute atomic E-state index is 0.0961. The Morgan fingerprint density at radius 2 is 1.82 bits per heavy atom. The first-order valence-corrected chi connectivity index (χ1v) is 14.1. The van der Waals surface area contributed by atoms with Crippen LogP contribution in [0.15, 0.2) is 29.4 Å². The van der Waals surface area contributed by atoms with E-state index in [4.69, 9.17) is 4.74 Å². The van der Waals surface area contributed by atoms with E-state index < -0.39 is 0 Å². The van der Waals surface area contributed by atoms with Crippen molar-refractivity contribution < 1.29 is 14.3 Å². The van der Waals surface area contributed by atoms with E-state index in [2.05, 4.69) is 15.8 Å². The van der Waals surface area contributed by atoms with Crippen molar-refractivity contribution in [3.05, 3.63) is 29.8 Å². The van der Waals surface area contributed by atoms with E-state index in [0.717, 1.165) is 43.2 Å². The Balaban J connectivity index is 0.00000265. The van der Waals surface area contributed by atoms with Crippen molar-refractivity contribution in [2.24, 2.45) is 5.10 Å². The van der Waals surface area contributed by atoms with Gasteiger partial charge < -0.3 is 15.0 Å². The number of hydrogen-bond acceptors (Lipinski definition) is 7. The number of amides is 2. The lowest BCUT2D eigenvalue weighted by Gasteiger charge is -2.27. The first-order chi connectivity index (χ1) is 15.8. The Morgan fingerprint density at radius 1 is 1.18 bits per heavy atom. The third kappa shape index (κ3) is 11.8. The van der Waals surface area contributed by atoms with Crippen LogP contribution < -0.4 is 15.5 Å². The molecule has 0 unspecified atom stereocenters. The summed E-state index contributed by atoms with van der Waals surface area (Å²) < 4.78 is 5.62. The van der Waals surface area contributed by atoms with Crippen LogP contribution in [0.1, 0.15) is 59.4 Å². The molecule has 1 fully saturated rings. The topological polar surface area (TPSA) is 83.0 Å². The summed E-state index contributed by atoms with van der Waals surface area (Å²) in [5.41, 5.74) is 4.29. The molecule has 0 spiro atoms. The van der Waals surface area contributed by atoms with Crippen LogP contribution in [0, 0.1) is 0 Å². The van der Waals surface area contributed by atoms with Gasteiger partial charge in [-0.1, -0.05) is 35.4 Å². The lowest BCUT2D eigenvalue weighted by molar-refractivity contribution is -0.132. The zero-order valence-corrected chi connectivity index (χ0v) is 22.5. The molecule has 2 N–H and O–H groups in total. The number of hydrazone groups is 1. The molecule has 0 aliphatic carbocycles. The molecular formula is C24H40N4O3S2. The number of nitrogens with one attached hydrogen (secondary N) is 2. The Bertz CT molecular complexity index is 749. The first-order valence-electron chi connectivity index (χ1n) is 11.6. The molecule has 1 aromatic carbocycles. The number of piperazine rings is 1. The van der Waals surface area contributed by atoms with Crippen molar-refractivity contribution >= 4 is 39.1 Å². The van der Waals surface area contributed by atoms with Gasteiger partial charge in [-0.25, -0.2) is 5.43 Å². The summed E-state index contributed by atoms with van der Waals surface area (Å²) in [6.07, 6.45) is 3.62. The molecule has 1 saturated heterocycles. The van der Waals surface area contributed by atoms with E-state index in [1.807, 2.05) is 70.0 Å². The highest BCUT2D eigenvalue weighted by Crippen LogP contribution is 2.36. The second kappa shape index (κ2) is 16.0. The predicted octanol–water partition coefficient (Wildman–Crippen LogP) is 4.32. The van der Waals surface area contributed by atoms with E-state index in [1.165, 1.54) is 0 Å². The highest BCUT2D eigenvalue weighted by atomic mass is 33.1. The van der Waals surface area contributed by atoms with Gasteiger partial charge in [-0.2, -0.15) is 5.10 Å². The molecule has 0 aromatic heterocycles. The number of benzene rings is 1. The summed E-state index contributed by atoms with van der Waals surface area (Å²) in [4.78, 5) is 26.2. The van der Waals surface area contributed by atoms with Gasteiger partial charge in [-0.15, -0.1) is 0 Å². The lowest BCUT2D eigenvalue weighted by atomic mass is 10.1. The van der Waals surface area contributed by atoms with Crippen LogP contribution in [-0.4, -0.2) is 66.2 Å². The maximum absolute atomic E-state index is 12.1. The molecule has 1 aliphatic rings. The summed E-state index contributed by atoms with van der Waals surface area (Å²) in [5.74, 6) is 0.858. The van der Waals surface area contributed by atoms with Crippen LogP contribution in [0.4, 0.5) is 0 Å². The van der Waals surface area contributed by atoms with Crippen molar-refractivity contribution in [3.63, 3.8) is 0 Å². The van der Waals surface area contributed by atoms with Crippen molar-refractivity contribution in [3.8, 4) is 5.75 Å². The standard InChI is InChI=1S/C22H34N4O3S2.C2H6/c1-17(24-25-20(27)16-22(2,3)31-30-4)18-7-9-19(10-8-18)29-15-5-6-21(28)26-13-11-23-12-14-26;1-2/h7-10,23H,5-6,11-16H2,1-4H3,(H,25,27);1-2H3/b24-17+;. The molecule has 1 aliphatic heterocycles. The highest BCUT2D eigenvalue weighted by Gasteiger charge is 2.22. The summed E-state index contributed by atoms with van der Waals surface area (Å²) >= 11 is 0. The number of hydrogen-bond donors (Lipinski definition) is 2. The maximum Gasteiger partial charge on any atom is 0.241 e. The minimum Gasteiger partial charge on any atom is -0.494 e. The number of rotatable bonds is 11. The van der Waals surface area contributed by atoms with E-state index in [9.17, 15) is 9.59 Å². The normalized spacial score (nSPS) is 14.2. The first kappa shape index (κ1) is 29.3. The number of nitrogens with zero attached hydrogens (tertiary/aromatic N) is 2. The largest absolute Gasteiger partial charge is 0.494 e. The van der Waals surface area contributed by atoms with Crippen LogP contribution in [-0.2, 0) is 9.59 Å². The molecule has 1 heterocycles. The fraction of sp³-hybridized carbons (Fsp3) is 0.625. The zero-order chi connectivity index (χ0) is 24.7. The molecule has 0 bridgehead atoms. The second-order valence-corrected chi connectivity index (χ2v) is 11.1. The molecule has 33 heavy (non-hydrogen) atoms. The van der Waals surface area contributed by atoms with E-state index >= 15 is 0 Å². The van der Waals surface area contributed by atoms with E-state index in [0.29, 0.717) is 25.9 Å². The molecule has 0 saturated carbocycles. The molecule has 186 valence electrons. The third-order valence-electron chi connectivity index (χ3n) is 4.79. The smallest absolute Gasteiger partial charge is 0.241 e. The van der Waals surface area contributed by atoms with Crippen molar-refractivity contribution in [1.82, 2.24) is 15.6 Å². The van der Waals surface area contributed by atoms with Gasteiger partial charge in [0.25, 0.3) is 0 Å². The zero-order valence-electron chi connectivity index (χ0n) is 20.9. The van der Waals surface area contributed by atoms with Gasteiger partial charge in [0.15, 0.2) is 0 Å². The maximum atomic E-state index is 12.1. The van der Waals surface area contributed by atoms with E-state index in [1.54, 1.807) is 21.6 Å². The van der Waals surface area contributed by atoms with Crippen LogP contribution in [0.5, 0.6) is 5.75 Å². The van der Waals surface area contributed by atoms with Crippen LogP contribution in [0.2, 0.25) is 0 Å². The number of carbonyl (C=O) groups excluding carboxylic acids is 2. The average Bonchev–Trinajstić information content (AvgIpc) is 2.82. The fourth-order valence-corrected chi connectivity index (χ4v) is 5.34. The SMILES string of the molecule is CC.CSSC(C)(C)CC(=O)N/N=C(\C)c1ccc(OCCCC(=O)N2CCNCC2)cc1. The van der Waals surface area contributed by atoms with E-state index in [-0.39, 0.29) is 16.6 Å². The van der Waals surface area contributed by atoms with Gasteiger partial charge in [0.05, 0.1) is 12.3 Å². The lowest BCUT2D eigenvalue weighted by Crippen LogP contribution is -2.46. The predicted molar refractivity (Wildman–Crippen MR) is 142 cm³/mol. The van der Waals surface area contributed by atoms with Gasteiger partial charge in [-0.05, 0) is 63.3 Å². The van der Waals surface area contributed by atoms with Crippen LogP contribution in [0.3, 0.4) is 0 Å². The third-order valence-corrected chi connectivity index (χ3v) is 7.40. The molecule has 2 rings (SSSR count).